The van der Waals surface area contributed by atoms with Gasteiger partial charge in [-0.1, -0.05) is 0 Å². The number of aromatic nitrogens is 2. The van der Waals surface area contributed by atoms with Crippen LogP contribution in [0.25, 0.3) is 0 Å². The molecule has 0 atom stereocenters. The van der Waals surface area contributed by atoms with E-state index in [1.165, 1.54) is 12.1 Å². The molecule has 0 unspecified atom stereocenters. The highest BCUT2D eigenvalue weighted by Crippen LogP contribution is 2.20. The van der Waals surface area contributed by atoms with Crippen molar-refractivity contribution in [3.05, 3.63) is 57.9 Å². The van der Waals surface area contributed by atoms with Gasteiger partial charge in [0.25, 0.3) is 5.69 Å². The number of nitro groups is 1. The fourth-order valence-corrected chi connectivity index (χ4v) is 1.46. The molecule has 0 bridgehead atoms. The van der Waals surface area contributed by atoms with Gasteiger partial charge in [-0.3, -0.25) is 20.1 Å². The number of anilines is 1. The first kappa shape index (κ1) is 12.9. The number of benzene rings is 1. The molecular weight excluding hydrogens is 251 g/mol. The van der Waals surface area contributed by atoms with E-state index in [9.17, 15) is 14.5 Å². The fourth-order valence-electron chi connectivity index (χ4n) is 1.46. The summed E-state index contributed by atoms with van der Waals surface area (Å²) in [4.78, 5) is 18.0. The van der Waals surface area contributed by atoms with Gasteiger partial charge in [-0.25, -0.2) is 4.39 Å². The third-order valence-corrected chi connectivity index (χ3v) is 2.46. The first-order chi connectivity index (χ1) is 9.06. The van der Waals surface area contributed by atoms with Gasteiger partial charge in [0.05, 0.1) is 40.8 Å². The maximum Gasteiger partial charge on any atom is 0.272 e. The van der Waals surface area contributed by atoms with E-state index in [4.69, 9.17) is 0 Å². The van der Waals surface area contributed by atoms with Gasteiger partial charge in [0, 0.05) is 12.3 Å². The van der Waals surface area contributed by atoms with Crippen LogP contribution in [-0.2, 0) is 6.54 Å². The largest absolute Gasteiger partial charge is 0.377 e. The van der Waals surface area contributed by atoms with Crippen LogP contribution >= 0.6 is 0 Å². The van der Waals surface area contributed by atoms with Crippen LogP contribution in [0.15, 0.2) is 30.6 Å². The van der Waals surface area contributed by atoms with Crippen LogP contribution in [0.1, 0.15) is 11.4 Å². The lowest BCUT2D eigenvalue weighted by Gasteiger charge is -2.06. The lowest BCUT2D eigenvalue weighted by atomic mass is 10.2. The molecule has 0 aliphatic rings. The Morgan fingerprint density at radius 3 is 2.74 bits per heavy atom. The van der Waals surface area contributed by atoms with Crippen molar-refractivity contribution in [2.45, 2.75) is 13.5 Å². The zero-order valence-electron chi connectivity index (χ0n) is 10.1. The van der Waals surface area contributed by atoms with Gasteiger partial charge in [0.15, 0.2) is 5.82 Å². The molecule has 1 heterocycles. The highest BCUT2D eigenvalue weighted by atomic mass is 19.1. The van der Waals surface area contributed by atoms with Crippen molar-refractivity contribution in [1.29, 1.82) is 0 Å². The molecule has 0 radical (unpaired) electrons. The first-order valence-electron chi connectivity index (χ1n) is 5.51. The lowest BCUT2D eigenvalue weighted by molar-refractivity contribution is -0.385. The van der Waals surface area contributed by atoms with Crippen LogP contribution in [-0.4, -0.2) is 14.9 Å². The molecule has 0 aliphatic heterocycles. The third kappa shape index (κ3) is 3.21. The predicted octanol–water partition coefficient (Wildman–Crippen LogP) is 2.44. The van der Waals surface area contributed by atoms with E-state index in [1.54, 1.807) is 12.4 Å². The molecule has 0 saturated heterocycles. The number of hydrogen-bond donors (Lipinski definition) is 1. The lowest BCUT2D eigenvalue weighted by Crippen LogP contribution is -2.04. The zero-order valence-corrected chi connectivity index (χ0v) is 10.1. The van der Waals surface area contributed by atoms with Crippen LogP contribution in [0, 0.1) is 22.9 Å². The van der Waals surface area contributed by atoms with Gasteiger partial charge in [-0.2, -0.15) is 0 Å². The minimum absolute atomic E-state index is 0.188. The van der Waals surface area contributed by atoms with E-state index < -0.39 is 10.7 Å². The molecule has 98 valence electrons. The van der Waals surface area contributed by atoms with Gasteiger partial charge in [0.2, 0.25) is 0 Å². The highest BCUT2D eigenvalue weighted by molar-refractivity contribution is 5.50. The average molecular weight is 262 g/mol. The minimum atomic E-state index is -0.672. The average Bonchev–Trinajstić information content (AvgIpc) is 2.39. The summed E-state index contributed by atoms with van der Waals surface area (Å²) in [6.07, 6.45) is 3.20. The molecule has 0 amide bonds. The Labute approximate surface area is 108 Å². The van der Waals surface area contributed by atoms with Gasteiger partial charge in [0.1, 0.15) is 0 Å². The molecule has 0 aliphatic carbocycles. The molecule has 19 heavy (non-hydrogen) atoms. The van der Waals surface area contributed by atoms with Crippen molar-refractivity contribution >= 4 is 11.4 Å². The Hall–Kier alpha value is -2.57. The highest BCUT2D eigenvalue weighted by Gasteiger charge is 2.10. The predicted molar refractivity (Wildman–Crippen MR) is 67.2 cm³/mol. The molecule has 2 rings (SSSR count). The van der Waals surface area contributed by atoms with Gasteiger partial charge >= 0.3 is 0 Å². The number of non-ortho nitro benzene ring substituents is 1. The molecule has 2 aromatic rings. The van der Waals surface area contributed by atoms with Crippen molar-refractivity contribution < 1.29 is 9.31 Å². The topological polar surface area (TPSA) is 81.0 Å². The molecule has 0 spiro atoms. The van der Waals surface area contributed by atoms with Crippen molar-refractivity contribution in [1.82, 2.24) is 9.97 Å². The zero-order chi connectivity index (χ0) is 13.8. The molecule has 6 nitrogen and oxygen atoms in total. The van der Waals surface area contributed by atoms with Crippen LogP contribution in [0.4, 0.5) is 15.8 Å². The Kier molecular flexibility index (Phi) is 3.65. The number of rotatable bonds is 4. The maximum atomic E-state index is 13.6. The van der Waals surface area contributed by atoms with Crippen molar-refractivity contribution in [2.24, 2.45) is 0 Å². The van der Waals surface area contributed by atoms with E-state index >= 15 is 0 Å². The Morgan fingerprint density at radius 1 is 1.37 bits per heavy atom. The molecule has 1 aromatic heterocycles. The van der Waals surface area contributed by atoms with Gasteiger partial charge in [-0.05, 0) is 13.0 Å². The maximum absolute atomic E-state index is 13.6. The summed E-state index contributed by atoms with van der Waals surface area (Å²) in [5.41, 5.74) is 1.36. The fraction of sp³-hybridized carbons (Fsp3) is 0.167. The molecule has 1 N–H and O–H groups in total. The summed E-state index contributed by atoms with van der Waals surface area (Å²) in [6, 6.07) is 3.45. The number of hydrogen-bond acceptors (Lipinski definition) is 5. The molecular formula is C12H11FN4O2. The van der Waals surface area contributed by atoms with Crippen molar-refractivity contribution in [2.75, 3.05) is 5.32 Å². The van der Waals surface area contributed by atoms with E-state index in [-0.39, 0.29) is 11.4 Å². The van der Waals surface area contributed by atoms with Crippen LogP contribution in [0.5, 0.6) is 0 Å². The molecule has 0 fully saturated rings. The Bertz CT molecular complexity index is 601. The third-order valence-electron chi connectivity index (χ3n) is 2.46. The molecule has 7 heteroatoms. The second kappa shape index (κ2) is 5.38. The number of nitro benzene ring substituents is 1. The molecule has 0 saturated carbocycles. The Balaban J connectivity index is 2.07. The monoisotopic (exact) mass is 262 g/mol. The standard InChI is InChI=1S/C12H11FN4O2/c1-8-5-15-9(6-14-8)7-16-12-3-2-10(17(18)19)4-11(12)13/h2-6,16H,7H2,1H3. The second-order valence-electron chi connectivity index (χ2n) is 3.92. The van der Waals surface area contributed by atoms with Gasteiger partial charge in [-0.15, -0.1) is 0 Å². The minimum Gasteiger partial charge on any atom is -0.377 e. The van der Waals surface area contributed by atoms with Crippen molar-refractivity contribution in [3.63, 3.8) is 0 Å². The Morgan fingerprint density at radius 2 is 2.16 bits per heavy atom. The summed E-state index contributed by atoms with van der Waals surface area (Å²) in [5.74, 6) is -0.672. The quantitative estimate of drug-likeness (QED) is 0.676. The summed E-state index contributed by atoms with van der Waals surface area (Å²) in [5, 5.41) is 13.3. The number of nitrogens with zero attached hydrogens (tertiary/aromatic N) is 3. The van der Waals surface area contributed by atoms with Crippen LogP contribution < -0.4 is 5.32 Å². The van der Waals surface area contributed by atoms with E-state index in [2.05, 4.69) is 15.3 Å². The number of halogens is 1. The second-order valence-corrected chi connectivity index (χ2v) is 3.92. The summed E-state index contributed by atoms with van der Waals surface area (Å²) >= 11 is 0. The number of nitrogens with one attached hydrogen (secondary N) is 1. The van der Waals surface area contributed by atoms with E-state index in [1.807, 2.05) is 6.92 Å². The smallest absolute Gasteiger partial charge is 0.272 e. The van der Waals surface area contributed by atoms with Crippen LogP contribution in [0.2, 0.25) is 0 Å². The summed E-state index contributed by atoms with van der Waals surface area (Å²) < 4.78 is 13.6. The van der Waals surface area contributed by atoms with E-state index in [0.717, 1.165) is 11.8 Å². The van der Waals surface area contributed by atoms with Crippen LogP contribution in [0.3, 0.4) is 0 Å². The summed E-state index contributed by atoms with van der Waals surface area (Å²) in [6.45, 7) is 2.11. The SMILES string of the molecule is Cc1cnc(CNc2ccc([N+](=O)[O-])cc2F)cn1. The first-order valence-corrected chi connectivity index (χ1v) is 5.51. The van der Waals surface area contributed by atoms with Crippen molar-refractivity contribution in [3.8, 4) is 0 Å². The number of aryl methyl sites for hydroxylation is 1. The van der Waals surface area contributed by atoms with E-state index in [0.29, 0.717) is 12.2 Å². The van der Waals surface area contributed by atoms with Gasteiger partial charge < -0.3 is 5.32 Å². The molecule has 1 aromatic carbocycles. The normalized spacial score (nSPS) is 10.2. The summed E-state index contributed by atoms with van der Waals surface area (Å²) in [7, 11) is 0.